The first-order valence-corrected chi connectivity index (χ1v) is 11.2. The lowest BCUT2D eigenvalue weighted by atomic mass is 9.70. The monoisotopic (exact) mass is 402 g/mol. The van der Waals surface area contributed by atoms with E-state index in [0.717, 1.165) is 43.7 Å². The molecule has 0 amide bonds. The smallest absolute Gasteiger partial charge is 0.138 e. The Morgan fingerprint density at radius 1 is 1.31 bits per heavy atom. The Kier molecular flexibility index (Phi) is 9.04. The molecule has 29 heavy (non-hydrogen) atoms. The predicted molar refractivity (Wildman–Crippen MR) is 122 cm³/mol. The number of rotatable bonds is 11. The predicted octanol–water partition coefficient (Wildman–Crippen LogP) is 5.18. The number of allylic oxidation sites excluding steroid dienone is 1. The van der Waals surface area contributed by atoms with Gasteiger partial charge in [-0.05, 0) is 75.9 Å². The molecule has 0 radical (unpaired) electrons. The Balaban J connectivity index is 2.34. The van der Waals surface area contributed by atoms with E-state index in [2.05, 4.69) is 57.6 Å². The van der Waals surface area contributed by atoms with E-state index in [0.29, 0.717) is 24.3 Å². The van der Waals surface area contributed by atoms with E-state index in [9.17, 15) is 0 Å². The average Bonchev–Trinajstić information content (AvgIpc) is 2.68. The first-order chi connectivity index (χ1) is 13.8. The lowest BCUT2D eigenvalue weighted by molar-refractivity contribution is -0.0900. The topological polar surface area (TPSA) is 47.7 Å². The third kappa shape index (κ3) is 6.48. The second-order valence-corrected chi connectivity index (χ2v) is 9.40. The van der Waals surface area contributed by atoms with Gasteiger partial charge < -0.3 is 20.1 Å². The summed E-state index contributed by atoms with van der Waals surface area (Å²) in [7, 11) is 6.02. The number of ether oxygens (including phenoxy) is 2. The minimum absolute atomic E-state index is 0.356. The van der Waals surface area contributed by atoms with Gasteiger partial charge in [0.2, 0.25) is 0 Å². The molecule has 4 heteroatoms. The quantitative estimate of drug-likeness (QED) is 0.518. The molecule has 2 N–H and O–H groups in total. The summed E-state index contributed by atoms with van der Waals surface area (Å²) in [6.07, 6.45) is 6.52. The average molecular weight is 403 g/mol. The summed E-state index contributed by atoms with van der Waals surface area (Å²) in [5.41, 5.74) is 6.91. The van der Waals surface area contributed by atoms with Crippen LogP contribution in [0.5, 0.6) is 5.75 Å². The van der Waals surface area contributed by atoms with Crippen LogP contribution in [-0.4, -0.2) is 39.2 Å². The van der Waals surface area contributed by atoms with Gasteiger partial charge >= 0.3 is 0 Å². The molecule has 0 aliphatic heterocycles. The molecule has 164 valence electrons. The Morgan fingerprint density at radius 2 is 2.07 bits per heavy atom. The summed E-state index contributed by atoms with van der Waals surface area (Å²) in [4.78, 5) is 2.28. The van der Waals surface area contributed by atoms with Crippen LogP contribution in [0.25, 0.3) is 0 Å². The van der Waals surface area contributed by atoms with Gasteiger partial charge in [-0.2, -0.15) is 0 Å². The standard InChI is InChI=1S/C25H42N2O2/c1-19(2)14-21(17-26)15-20(3)29-25(22-11-9-12-24(16-22)28-6)13-8-7-10-23(25)18-27(4)5/h9,11-12,16,19,21,23H,3,7-8,10,13-15,17-18,26H2,1-2,4-6H3. The molecule has 0 spiro atoms. The first-order valence-electron chi connectivity index (χ1n) is 11.2. The summed E-state index contributed by atoms with van der Waals surface area (Å²) in [5.74, 6) is 3.21. The van der Waals surface area contributed by atoms with Crippen LogP contribution < -0.4 is 10.5 Å². The van der Waals surface area contributed by atoms with Crippen molar-refractivity contribution in [3.8, 4) is 5.75 Å². The van der Waals surface area contributed by atoms with E-state index in [4.69, 9.17) is 15.2 Å². The van der Waals surface area contributed by atoms with Gasteiger partial charge in [-0.15, -0.1) is 0 Å². The highest BCUT2D eigenvalue weighted by Gasteiger charge is 2.45. The molecule has 1 aliphatic rings. The van der Waals surface area contributed by atoms with Crippen molar-refractivity contribution in [1.29, 1.82) is 0 Å². The number of methoxy groups -OCH3 is 1. The number of benzene rings is 1. The van der Waals surface area contributed by atoms with E-state index in [1.54, 1.807) is 7.11 Å². The molecule has 1 aliphatic carbocycles. The lowest BCUT2D eigenvalue weighted by Crippen LogP contribution is -2.45. The Bertz CT molecular complexity index is 643. The van der Waals surface area contributed by atoms with E-state index in [1.807, 2.05) is 6.07 Å². The molecule has 0 bridgehead atoms. The molecule has 0 heterocycles. The second-order valence-electron chi connectivity index (χ2n) is 9.40. The molecule has 1 aromatic carbocycles. The third-order valence-corrected chi connectivity index (χ3v) is 6.14. The van der Waals surface area contributed by atoms with Crippen LogP contribution >= 0.6 is 0 Å². The lowest BCUT2D eigenvalue weighted by Gasteiger charge is -2.46. The normalized spacial score (nSPS) is 23.2. The molecule has 0 aromatic heterocycles. The van der Waals surface area contributed by atoms with E-state index in [1.165, 1.54) is 18.4 Å². The second kappa shape index (κ2) is 11.0. The molecule has 2 rings (SSSR count). The summed E-state index contributed by atoms with van der Waals surface area (Å²) in [5, 5.41) is 0. The first kappa shape index (κ1) is 23.8. The fourth-order valence-corrected chi connectivity index (χ4v) is 4.91. The van der Waals surface area contributed by atoms with Crippen LogP contribution in [0, 0.1) is 17.8 Å². The number of nitrogens with two attached hydrogens (primary N) is 1. The molecule has 0 saturated heterocycles. The fourth-order valence-electron chi connectivity index (χ4n) is 4.91. The Hall–Kier alpha value is -1.52. The van der Waals surface area contributed by atoms with Gasteiger partial charge in [0.25, 0.3) is 0 Å². The van der Waals surface area contributed by atoms with Crippen LogP contribution in [0.3, 0.4) is 0 Å². The summed E-state index contributed by atoms with van der Waals surface area (Å²) < 4.78 is 12.4. The van der Waals surface area contributed by atoms with E-state index < -0.39 is 0 Å². The third-order valence-electron chi connectivity index (χ3n) is 6.14. The van der Waals surface area contributed by atoms with Crippen molar-refractivity contribution in [2.24, 2.45) is 23.5 Å². The van der Waals surface area contributed by atoms with Gasteiger partial charge in [0.1, 0.15) is 11.4 Å². The van der Waals surface area contributed by atoms with Crippen molar-refractivity contribution in [3.05, 3.63) is 42.2 Å². The van der Waals surface area contributed by atoms with Crippen molar-refractivity contribution in [3.63, 3.8) is 0 Å². The minimum atomic E-state index is -0.356. The van der Waals surface area contributed by atoms with Crippen molar-refractivity contribution >= 4 is 0 Å². The summed E-state index contributed by atoms with van der Waals surface area (Å²) >= 11 is 0. The molecular weight excluding hydrogens is 360 g/mol. The molecule has 3 atom stereocenters. The number of hydrogen-bond donors (Lipinski definition) is 1. The highest BCUT2D eigenvalue weighted by atomic mass is 16.5. The maximum atomic E-state index is 6.86. The zero-order valence-corrected chi connectivity index (χ0v) is 19.2. The van der Waals surface area contributed by atoms with Gasteiger partial charge in [0, 0.05) is 18.9 Å². The number of hydrogen-bond acceptors (Lipinski definition) is 4. The van der Waals surface area contributed by atoms with Crippen molar-refractivity contribution in [1.82, 2.24) is 4.90 Å². The van der Waals surface area contributed by atoms with E-state index >= 15 is 0 Å². The van der Waals surface area contributed by atoms with E-state index in [-0.39, 0.29) is 5.60 Å². The highest BCUT2D eigenvalue weighted by molar-refractivity contribution is 5.34. The maximum absolute atomic E-state index is 6.86. The minimum Gasteiger partial charge on any atom is -0.497 e. The number of nitrogens with zero attached hydrogens (tertiary/aromatic N) is 1. The fraction of sp³-hybridized carbons (Fsp3) is 0.680. The summed E-state index contributed by atoms with van der Waals surface area (Å²) in [6.45, 7) is 10.5. The maximum Gasteiger partial charge on any atom is 0.138 e. The Labute approximate surface area is 178 Å². The molecular formula is C25H42N2O2. The molecule has 1 fully saturated rings. The van der Waals surface area contributed by atoms with Gasteiger partial charge in [-0.3, -0.25) is 0 Å². The highest BCUT2D eigenvalue weighted by Crippen LogP contribution is 2.47. The van der Waals surface area contributed by atoms with Crippen molar-refractivity contribution < 1.29 is 9.47 Å². The van der Waals surface area contributed by atoms with Crippen LogP contribution in [0.15, 0.2) is 36.6 Å². The molecule has 4 nitrogen and oxygen atoms in total. The summed E-state index contributed by atoms with van der Waals surface area (Å²) in [6, 6.07) is 8.42. The van der Waals surface area contributed by atoms with Crippen molar-refractivity contribution in [2.75, 3.05) is 34.3 Å². The van der Waals surface area contributed by atoms with Gasteiger partial charge in [-0.25, -0.2) is 0 Å². The molecule has 3 unspecified atom stereocenters. The van der Waals surface area contributed by atoms with Crippen molar-refractivity contribution in [2.45, 2.75) is 58.0 Å². The zero-order valence-electron chi connectivity index (χ0n) is 19.2. The Morgan fingerprint density at radius 3 is 2.69 bits per heavy atom. The van der Waals surface area contributed by atoms with Crippen LogP contribution in [0.4, 0.5) is 0 Å². The van der Waals surface area contributed by atoms with Gasteiger partial charge in [0.15, 0.2) is 0 Å². The van der Waals surface area contributed by atoms with Crippen LogP contribution in [0.2, 0.25) is 0 Å². The van der Waals surface area contributed by atoms with Crippen LogP contribution in [-0.2, 0) is 10.3 Å². The zero-order chi connectivity index (χ0) is 21.4. The largest absolute Gasteiger partial charge is 0.497 e. The SMILES string of the molecule is C=C(CC(CN)CC(C)C)OC1(c2cccc(OC)c2)CCCCC1CN(C)C. The molecule has 1 aromatic rings. The molecule has 1 saturated carbocycles. The van der Waals surface area contributed by atoms with Gasteiger partial charge in [0.05, 0.1) is 12.9 Å². The van der Waals surface area contributed by atoms with Gasteiger partial charge in [-0.1, -0.05) is 39.0 Å². The van der Waals surface area contributed by atoms with Crippen LogP contribution in [0.1, 0.15) is 57.9 Å².